The van der Waals surface area contributed by atoms with E-state index in [4.69, 9.17) is 12.2 Å². The quantitative estimate of drug-likeness (QED) is 0.460. The topological polar surface area (TPSA) is 83.1 Å². The molecule has 3 N–H and O–H groups in total. The van der Waals surface area contributed by atoms with Gasteiger partial charge in [-0.15, -0.1) is 0 Å². The van der Waals surface area contributed by atoms with Gasteiger partial charge in [0.2, 0.25) is 0 Å². The predicted molar refractivity (Wildman–Crippen MR) is 120 cm³/mol. The molecule has 2 aromatic carbocycles. The summed E-state index contributed by atoms with van der Waals surface area (Å²) in [6.45, 7) is 1.83. The lowest BCUT2D eigenvalue weighted by Gasteiger charge is -2.16. The van der Waals surface area contributed by atoms with E-state index in [1.165, 1.54) is 0 Å². The highest BCUT2D eigenvalue weighted by atomic mass is 79.9. The number of sulfonamides is 1. The number of anilines is 3. The molecule has 0 unspecified atom stereocenters. The summed E-state index contributed by atoms with van der Waals surface area (Å²) in [5, 5.41) is 6.19. The van der Waals surface area contributed by atoms with Crippen LogP contribution in [0.2, 0.25) is 0 Å². The van der Waals surface area contributed by atoms with Crippen molar-refractivity contribution in [2.24, 2.45) is 0 Å². The molecule has 1 heterocycles. The van der Waals surface area contributed by atoms with Crippen LogP contribution in [-0.2, 0) is 10.0 Å². The second-order valence-electron chi connectivity index (χ2n) is 5.93. The summed E-state index contributed by atoms with van der Waals surface area (Å²) in [5.74, 6) is 0. The molecule has 144 valence electrons. The summed E-state index contributed by atoms with van der Waals surface area (Å²) in [7, 11) is -3.83. The molecule has 0 saturated heterocycles. The second kappa shape index (κ2) is 8.68. The summed E-state index contributed by atoms with van der Waals surface area (Å²) in [6, 6.07) is 15.6. The third-order valence-electron chi connectivity index (χ3n) is 3.69. The van der Waals surface area contributed by atoms with E-state index in [9.17, 15) is 8.42 Å². The van der Waals surface area contributed by atoms with Crippen LogP contribution in [0.3, 0.4) is 0 Å². The molecule has 0 aliphatic heterocycles. The van der Waals surface area contributed by atoms with E-state index in [1.54, 1.807) is 54.9 Å². The van der Waals surface area contributed by atoms with Crippen molar-refractivity contribution in [1.29, 1.82) is 0 Å². The number of benzene rings is 2. The molecule has 28 heavy (non-hydrogen) atoms. The zero-order chi connectivity index (χ0) is 20.1. The molecule has 0 saturated carbocycles. The van der Waals surface area contributed by atoms with Crippen LogP contribution in [0, 0.1) is 6.92 Å². The van der Waals surface area contributed by atoms with Gasteiger partial charge in [-0.1, -0.05) is 22.0 Å². The minimum Gasteiger partial charge on any atom is -0.331 e. The first-order valence-corrected chi connectivity index (χ1v) is 10.9. The van der Waals surface area contributed by atoms with Gasteiger partial charge in [0, 0.05) is 16.4 Å². The molecular weight excluding hydrogens is 460 g/mol. The summed E-state index contributed by atoms with van der Waals surface area (Å²) in [4.78, 5) is 4.11. The summed E-state index contributed by atoms with van der Waals surface area (Å²) >= 11 is 8.64. The molecule has 0 amide bonds. The van der Waals surface area contributed by atoms with Gasteiger partial charge in [0.15, 0.2) is 5.11 Å². The summed E-state index contributed by atoms with van der Waals surface area (Å²) in [6.07, 6.45) is 3.27. The molecule has 0 spiro atoms. The molecule has 3 aromatic rings. The standard InChI is InChI=1S/C19H17BrN4O2S2/c1-13-4-9-17(23-19(27)22-16-3-2-10-21-12-16)18(11-13)28(25,26)24-15-7-5-14(20)6-8-15/h2-12,24H,1H3,(H2,22,23,27). The molecule has 0 radical (unpaired) electrons. The number of nitrogens with zero attached hydrogens (tertiary/aromatic N) is 1. The Bertz CT molecular complexity index is 1090. The van der Waals surface area contributed by atoms with Crippen molar-refractivity contribution in [3.8, 4) is 0 Å². The monoisotopic (exact) mass is 476 g/mol. The van der Waals surface area contributed by atoms with Crippen molar-refractivity contribution in [3.05, 3.63) is 77.0 Å². The lowest BCUT2D eigenvalue weighted by atomic mass is 10.2. The zero-order valence-corrected chi connectivity index (χ0v) is 18.0. The SMILES string of the molecule is Cc1ccc(NC(=S)Nc2cccnc2)c(S(=O)(=O)Nc2ccc(Br)cc2)c1. The Kier molecular flexibility index (Phi) is 6.28. The Morgan fingerprint density at radius 1 is 1.04 bits per heavy atom. The fourth-order valence-corrected chi connectivity index (χ4v) is 4.20. The number of pyridine rings is 1. The molecule has 0 bridgehead atoms. The molecule has 6 nitrogen and oxygen atoms in total. The number of rotatable bonds is 5. The van der Waals surface area contributed by atoms with Crippen LogP contribution in [0.25, 0.3) is 0 Å². The van der Waals surface area contributed by atoms with Gasteiger partial charge in [0.1, 0.15) is 4.90 Å². The van der Waals surface area contributed by atoms with Crippen LogP contribution in [-0.4, -0.2) is 18.5 Å². The van der Waals surface area contributed by atoms with Crippen LogP contribution >= 0.6 is 28.1 Å². The fourth-order valence-electron chi connectivity index (χ4n) is 2.40. The smallest absolute Gasteiger partial charge is 0.263 e. The Labute approximate surface area is 177 Å². The van der Waals surface area contributed by atoms with E-state index in [0.29, 0.717) is 17.1 Å². The summed E-state index contributed by atoms with van der Waals surface area (Å²) in [5.41, 5.74) is 2.35. The predicted octanol–water partition coefficient (Wildman–Crippen LogP) is 4.76. The first kappa shape index (κ1) is 20.2. The maximum absolute atomic E-state index is 13.0. The normalized spacial score (nSPS) is 10.9. The van der Waals surface area contributed by atoms with Crippen molar-refractivity contribution in [2.45, 2.75) is 11.8 Å². The Hall–Kier alpha value is -2.49. The van der Waals surface area contributed by atoms with Crippen molar-refractivity contribution < 1.29 is 8.42 Å². The van der Waals surface area contributed by atoms with Crippen LogP contribution in [0.5, 0.6) is 0 Å². The second-order valence-corrected chi connectivity index (χ2v) is 8.91. The maximum Gasteiger partial charge on any atom is 0.263 e. The first-order valence-electron chi connectivity index (χ1n) is 8.20. The van der Waals surface area contributed by atoms with E-state index in [1.807, 2.05) is 19.1 Å². The van der Waals surface area contributed by atoms with E-state index < -0.39 is 10.0 Å². The van der Waals surface area contributed by atoms with E-state index in [0.717, 1.165) is 10.0 Å². The van der Waals surface area contributed by atoms with Crippen LogP contribution in [0.4, 0.5) is 17.1 Å². The van der Waals surface area contributed by atoms with Gasteiger partial charge in [-0.3, -0.25) is 9.71 Å². The highest BCUT2D eigenvalue weighted by molar-refractivity contribution is 9.10. The number of nitrogens with one attached hydrogen (secondary N) is 3. The molecule has 9 heteroatoms. The van der Waals surface area contributed by atoms with Gasteiger partial charge < -0.3 is 10.6 Å². The van der Waals surface area contributed by atoms with E-state index in [-0.39, 0.29) is 10.0 Å². The van der Waals surface area contributed by atoms with E-state index in [2.05, 4.69) is 36.3 Å². The average molecular weight is 477 g/mol. The van der Waals surface area contributed by atoms with Crippen molar-refractivity contribution in [2.75, 3.05) is 15.4 Å². The lowest BCUT2D eigenvalue weighted by Crippen LogP contribution is -2.22. The molecule has 3 rings (SSSR count). The largest absolute Gasteiger partial charge is 0.331 e. The number of aromatic nitrogens is 1. The third kappa shape index (κ3) is 5.28. The van der Waals surface area contributed by atoms with Gasteiger partial charge in [-0.05, 0) is 73.2 Å². The summed E-state index contributed by atoms with van der Waals surface area (Å²) < 4.78 is 29.4. The van der Waals surface area contributed by atoms with Gasteiger partial charge >= 0.3 is 0 Å². The highest BCUT2D eigenvalue weighted by Gasteiger charge is 2.20. The van der Waals surface area contributed by atoms with Crippen molar-refractivity contribution in [3.63, 3.8) is 0 Å². The van der Waals surface area contributed by atoms with Crippen LogP contribution in [0.15, 0.2) is 76.4 Å². The molecule has 0 aliphatic carbocycles. The Morgan fingerprint density at radius 2 is 1.79 bits per heavy atom. The molecule has 1 aromatic heterocycles. The highest BCUT2D eigenvalue weighted by Crippen LogP contribution is 2.26. The number of aryl methyl sites for hydroxylation is 1. The molecule has 0 atom stereocenters. The maximum atomic E-state index is 13.0. The minimum atomic E-state index is -3.83. The number of hydrogen-bond donors (Lipinski definition) is 3. The lowest BCUT2D eigenvalue weighted by molar-refractivity contribution is 0.601. The third-order valence-corrected chi connectivity index (χ3v) is 5.84. The Balaban J connectivity index is 1.85. The van der Waals surface area contributed by atoms with Crippen LogP contribution < -0.4 is 15.4 Å². The number of halogens is 1. The van der Waals surface area contributed by atoms with Gasteiger partial charge in [0.05, 0.1) is 17.6 Å². The minimum absolute atomic E-state index is 0.103. The fraction of sp³-hybridized carbons (Fsp3) is 0.0526. The van der Waals surface area contributed by atoms with Crippen molar-refractivity contribution in [1.82, 2.24) is 4.98 Å². The van der Waals surface area contributed by atoms with Crippen molar-refractivity contribution >= 4 is 60.3 Å². The zero-order valence-electron chi connectivity index (χ0n) is 14.8. The molecule has 0 fully saturated rings. The van der Waals surface area contributed by atoms with Crippen LogP contribution in [0.1, 0.15) is 5.56 Å². The Morgan fingerprint density at radius 3 is 2.46 bits per heavy atom. The molecule has 0 aliphatic rings. The first-order chi connectivity index (χ1) is 13.3. The number of thiocarbonyl (C=S) groups is 1. The molecular formula is C19H17BrN4O2S2. The van der Waals surface area contributed by atoms with Gasteiger partial charge in [0.25, 0.3) is 10.0 Å². The average Bonchev–Trinajstić information content (AvgIpc) is 2.65. The number of hydrogen-bond acceptors (Lipinski definition) is 4. The van der Waals surface area contributed by atoms with E-state index >= 15 is 0 Å². The van der Waals surface area contributed by atoms with Gasteiger partial charge in [-0.25, -0.2) is 8.42 Å². The van der Waals surface area contributed by atoms with Gasteiger partial charge in [-0.2, -0.15) is 0 Å².